The number of amides is 1. The fourth-order valence-corrected chi connectivity index (χ4v) is 3.88. The molecule has 5 heteroatoms. The van der Waals surface area contributed by atoms with Gasteiger partial charge in [-0.25, -0.2) is 0 Å². The summed E-state index contributed by atoms with van der Waals surface area (Å²) in [6, 6.07) is 7.86. The van der Waals surface area contributed by atoms with Gasteiger partial charge in [-0.1, -0.05) is 18.2 Å². The molecule has 1 aromatic carbocycles. The highest BCUT2D eigenvalue weighted by Gasteiger charge is 2.27. The van der Waals surface area contributed by atoms with Crippen molar-refractivity contribution in [2.24, 2.45) is 0 Å². The number of hydrogen-bond donors (Lipinski definition) is 1. The second kappa shape index (κ2) is 8.68. The molecule has 0 spiro atoms. The maximum atomic E-state index is 12.5. The van der Waals surface area contributed by atoms with Crippen molar-refractivity contribution in [3.05, 3.63) is 29.8 Å². The van der Waals surface area contributed by atoms with Gasteiger partial charge in [0.2, 0.25) is 5.91 Å². The molecular formula is C20H30N2O3. The van der Waals surface area contributed by atoms with Gasteiger partial charge in [0.15, 0.2) is 0 Å². The van der Waals surface area contributed by atoms with E-state index in [0.29, 0.717) is 18.8 Å². The minimum atomic E-state index is -0.0779. The first kappa shape index (κ1) is 18.2. The zero-order valence-corrected chi connectivity index (χ0v) is 15.4. The smallest absolute Gasteiger partial charge is 0.227 e. The molecule has 2 heterocycles. The van der Waals surface area contributed by atoms with Gasteiger partial charge < -0.3 is 14.8 Å². The van der Waals surface area contributed by atoms with Gasteiger partial charge in [-0.2, -0.15) is 0 Å². The van der Waals surface area contributed by atoms with Crippen LogP contribution in [-0.4, -0.2) is 55.8 Å². The summed E-state index contributed by atoms with van der Waals surface area (Å²) in [7, 11) is 0. The van der Waals surface area contributed by atoms with Crippen molar-refractivity contribution < 1.29 is 14.3 Å². The molecule has 1 amide bonds. The Hall–Kier alpha value is -1.59. The van der Waals surface area contributed by atoms with E-state index in [1.54, 1.807) is 0 Å². The van der Waals surface area contributed by atoms with E-state index in [-0.39, 0.29) is 11.8 Å². The number of nitrogens with one attached hydrogen (secondary N) is 1. The van der Waals surface area contributed by atoms with Gasteiger partial charge in [-0.05, 0) is 45.7 Å². The standard InChI is InChI=1S/C20H30N2O3/c1-15-13-22(14-16(2)25-15)11-6-5-10-21-20(23)18-9-12-24-19-8-4-3-7-17(18)19/h3-4,7-8,15-16,18H,5-6,9-14H2,1-2H3,(H,21,23)/t15-,16+,18-/m0/s1. The van der Waals surface area contributed by atoms with Crippen molar-refractivity contribution in [1.82, 2.24) is 10.2 Å². The maximum Gasteiger partial charge on any atom is 0.227 e. The third-order valence-electron chi connectivity index (χ3n) is 4.97. The lowest BCUT2D eigenvalue weighted by Crippen LogP contribution is -2.45. The largest absolute Gasteiger partial charge is 0.493 e. The molecule has 3 atom stereocenters. The molecule has 138 valence electrons. The molecule has 2 aliphatic rings. The fraction of sp³-hybridized carbons (Fsp3) is 0.650. The highest BCUT2D eigenvalue weighted by Crippen LogP contribution is 2.33. The van der Waals surface area contributed by atoms with E-state index in [1.165, 1.54) is 0 Å². The normalized spacial score (nSPS) is 26.6. The number of morpholine rings is 1. The van der Waals surface area contributed by atoms with Gasteiger partial charge in [-0.3, -0.25) is 9.69 Å². The minimum Gasteiger partial charge on any atom is -0.493 e. The Kier molecular flexibility index (Phi) is 6.32. The molecule has 0 saturated carbocycles. The Morgan fingerprint density at radius 1 is 1.20 bits per heavy atom. The molecule has 0 unspecified atom stereocenters. The van der Waals surface area contributed by atoms with Gasteiger partial charge >= 0.3 is 0 Å². The Balaban J connectivity index is 1.38. The molecule has 3 rings (SSSR count). The van der Waals surface area contributed by atoms with Crippen LogP contribution < -0.4 is 10.1 Å². The van der Waals surface area contributed by atoms with Crippen LogP contribution in [0.3, 0.4) is 0 Å². The van der Waals surface area contributed by atoms with Crippen LogP contribution >= 0.6 is 0 Å². The van der Waals surface area contributed by atoms with Crippen molar-refractivity contribution in [2.75, 3.05) is 32.8 Å². The highest BCUT2D eigenvalue weighted by atomic mass is 16.5. The zero-order chi connectivity index (χ0) is 17.6. The topological polar surface area (TPSA) is 50.8 Å². The first-order chi connectivity index (χ1) is 12.1. The molecule has 1 saturated heterocycles. The molecular weight excluding hydrogens is 316 g/mol. The molecule has 0 bridgehead atoms. The third-order valence-corrected chi connectivity index (χ3v) is 4.97. The lowest BCUT2D eigenvalue weighted by Gasteiger charge is -2.35. The quantitative estimate of drug-likeness (QED) is 0.805. The number of ether oxygens (including phenoxy) is 2. The van der Waals surface area contributed by atoms with Crippen LogP contribution in [0.2, 0.25) is 0 Å². The zero-order valence-electron chi connectivity index (χ0n) is 15.4. The van der Waals surface area contributed by atoms with E-state index in [9.17, 15) is 4.79 Å². The Morgan fingerprint density at radius 3 is 2.76 bits per heavy atom. The van der Waals surface area contributed by atoms with Gasteiger partial charge in [0.1, 0.15) is 5.75 Å². The summed E-state index contributed by atoms with van der Waals surface area (Å²) >= 11 is 0. The van der Waals surface area contributed by atoms with E-state index in [2.05, 4.69) is 24.1 Å². The van der Waals surface area contributed by atoms with E-state index in [0.717, 1.165) is 56.8 Å². The van der Waals surface area contributed by atoms with Crippen LogP contribution in [0.5, 0.6) is 5.75 Å². The second-order valence-corrected chi connectivity index (χ2v) is 7.24. The van der Waals surface area contributed by atoms with Gasteiger partial charge in [0.25, 0.3) is 0 Å². The van der Waals surface area contributed by atoms with Crippen molar-refractivity contribution >= 4 is 5.91 Å². The second-order valence-electron chi connectivity index (χ2n) is 7.24. The number of carbonyl (C=O) groups is 1. The Bertz CT molecular complexity index is 568. The lowest BCUT2D eigenvalue weighted by molar-refractivity contribution is -0.123. The van der Waals surface area contributed by atoms with Crippen molar-refractivity contribution in [3.8, 4) is 5.75 Å². The number of benzene rings is 1. The molecule has 1 N–H and O–H groups in total. The van der Waals surface area contributed by atoms with Crippen LogP contribution in [-0.2, 0) is 9.53 Å². The summed E-state index contributed by atoms with van der Waals surface area (Å²) in [6.45, 7) is 8.72. The molecule has 1 fully saturated rings. The van der Waals surface area contributed by atoms with E-state index in [4.69, 9.17) is 9.47 Å². The molecule has 0 radical (unpaired) electrons. The van der Waals surface area contributed by atoms with Crippen LogP contribution in [0, 0.1) is 0 Å². The number of para-hydroxylation sites is 1. The molecule has 0 aromatic heterocycles. The van der Waals surface area contributed by atoms with Crippen LogP contribution in [0.15, 0.2) is 24.3 Å². The fourth-order valence-electron chi connectivity index (χ4n) is 3.88. The predicted molar refractivity (Wildman–Crippen MR) is 98.0 cm³/mol. The number of unbranched alkanes of at least 4 members (excludes halogenated alkanes) is 1. The minimum absolute atomic E-state index is 0.0779. The average molecular weight is 346 g/mol. The number of fused-ring (bicyclic) bond motifs is 1. The molecule has 2 aliphatic heterocycles. The SMILES string of the molecule is C[C@@H]1CN(CCCCNC(=O)[C@H]2CCOc3ccccc32)C[C@H](C)O1. The van der Waals surface area contributed by atoms with Crippen LogP contribution in [0.25, 0.3) is 0 Å². The summed E-state index contributed by atoms with van der Waals surface area (Å²) in [5, 5.41) is 3.11. The summed E-state index contributed by atoms with van der Waals surface area (Å²) < 4.78 is 11.4. The number of rotatable bonds is 6. The summed E-state index contributed by atoms with van der Waals surface area (Å²) in [6.07, 6.45) is 3.50. The van der Waals surface area contributed by atoms with Crippen molar-refractivity contribution in [2.45, 2.75) is 51.2 Å². The maximum absolute atomic E-state index is 12.5. The Labute approximate surface area is 150 Å². The average Bonchev–Trinajstić information content (AvgIpc) is 2.60. The monoisotopic (exact) mass is 346 g/mol. The highest BCUT2D eigenvalue weighted by molar-refractivity contribution is 5.84. The summed E-state index contributed by atoms with van der Waals surface area (Å²) in [4.78, 5) is 15.0. The van der Waals surface area contributed by atoms with Crippen molar-refractivity contribution in [3.63, 3.8) is 0 Å². The number of hydrogen-bond acceptors (Lipinski definition) is 4. The molecule has 1 aromatic rings. The number of nitrogens with zero attached hydrogens (tertiary/aromatic N) is 1. The first-order valence-corrected chi connectivity index (χ1v) is 9.50. The predicted octanol–water partition coefficient (Wildman–Crippen LogP) is 2.56. The summed E-state index contributed by atoms with van der Waals surface area (Å²) in [5.41, 5.74) is 1.02. The van der Waals surface area contributed by atoms with E-state index >= 15 is 0 Å². The summed E-state index contributed by atoms with van der Waals surface area (Å²) in [5.74, 6) is 0.903. The van der Waals surface area contributed by atoms with Gasteiger partial charge in [0.05, 0.1) is 24.7 Å². The number of carbonyl (C=O) groups excluding carboxylic acids is 1. The molecule has 0 aliphatic carbocycles. The lowest BCUT2D eigenvalue weighted by atomic mass is 9.92. The molecule has 5 nitrogen and oxygen atoms in total. The third kappa shape index (κ3) is 4.95. The van der Waals surface area contributed by atoms with Gasteiger partial charge in [-0.15, -0.1) is 0 Å². The Morgan fingerprint density at radius 2 is 1.96 bits per heavy atom. The first-order valence-electron chi connectivity index (χ1n) is 9.50. The van der Waals surface area contributed by atoms with Crippen molar-refractivity contribution in [1.29, 1.82) is 0 Å². The van der Waals surface area contributed by atoms with E-state index < -0.39 is 0 Å². The molecule has 25 heavy (non-hydrogen) atoms. The van der Waals surface area contributed by atoms with Crippen LogP contribution in [0.1, 0.15) is 44.6 Å². The van der Waals surface area contributed by atoms with E-state index in [1.807, 2.05) is 24.3 Å². The van der Waals surface area contributed by atoms with Crippen LogP contribution in [0.4, 0.5) is 0 Å². The van der Waals surface area contributed by atoms with Gasteiger partial charge in [0, 0.05) is 25.2 Å².